The molecule has 10 heteroatoms. The smallest absolute Gasteiger partial charge is 0.280 e. The van der Waals surface area contributed by atoms with Crippen LogP contribution in [0.25, 0.3) is 5.69 Å². The first kappa shape index (κ1) is 23.4. The molecule has 168 valence electrons. The second-order valence-electron chi connectivity index (χ2n) is 7.12. The van der Waals surface area contributed by atoms with Crippen molar-refractivity contribution < 1.29 is 23.4 Å². The predicted octanol–water partition coefficient (Wildman–Crippen LogP) is 3.16. The van der Waals surface area contributed by atoms with E-state index in [0.29, 0.717) is 11.3 Å². The van der Waals surface area contributed by atoms with Gasteiger partial charge in [-0.05, 0) is 43.7 Å². The maximum atomic E-state index is 13.8. The van der Waals surface area contributed by atoms with E-state index in [4.69, 9.17) is 16.3 Å². The maximum Gasteiger partial charge on any atom is 0.280 e. The number of aryl methyl sites for hydroxylation is 1. The van der Waals surface area contributed by atoms with Crippen molar-refractivity contribution in [2.45, 2.75) is 26.6 Å². The SMILES string of the molecule is Cc1ccc(C(=O)NCC(C)O)cc1-n1cnc(OCc2ccc(F)cc2F)c(Cl)c1=O. The fourth-order valence-electron chi connectivity index (χ4n) is 2.83. The largest absolute Gasteiger partial charge is 0.471 e. The van der Waals surface area contributed by atoms with Crippen LogP contribution in [-0.4, -0.2) is 33.2 Å². The summed E-state index contributed by atoms with van der Waals surface area (Å²) in [4.78, 5) is 29.1. The van der Waals surface area contributed by atoms with Crippen molar-refractivity contribution in [2.75, 3.05) is 6.54 Å². The van der Waals surface area contributed by atoms with Crippen LogP contribution < -0.4 is 15.6 Å². The summed E-state index contributed by atoms with van der Waals surface area (Å²) in [5.74, 6) is -2.14. The number of benzene rings is 2. The number of aromatic nitrogens is 2. The first-order valence-corrected chi connectivity index (χ1v) is 9.96. The zero-order valence-corrected chi connectivity index (χ0v) is 18.0. The molecule has 0 bridgehead atoms. The van der Waals surface area contributed by atoms with Gasteiger partial charge in [0, 0.05) is 23.7 Å². The van der Waals surface area contributed by atoms with Crippen LogP contribution in [0.4, 0.5) is 8.78 Å². The quantitative estimate of drug-likeness (QED) is 0.561. The Labute approximate surface area is 187 Å². The summed E-state index contributed by atoms with van der Waals surface area (Å²) in [6.45, 7) is 3.06. The van der Waals surface area contributed by atoms with Gasteiger partial charge in [0.25, 0.3) is 11.5 Å². The van der Waals surface area contributed by atoms with Crippen LogP contribution >= 0.6 is 11.6 Å². The van der Waals surface area contributed by atoms with Crippen molar-refractivity contribution in [1.82, 2.24) is 14.9 Å². The van der Waals surface area contributed by atoms with E-state index in [1.807, 2.05) is 0 Å². The molecule has 32 heavy (non-hydrogen) atoms. The first-order valence-electron chi connectivity index (χ1n) is 9.58. The molecule has 0 radical (unpaired) electrons. The number of aliphatic hydroxyl groups excluding tert-OH is 1. The fraction of sp³-hybridized carbons (Fsp3) is 0.227. The van der Waals surface area contributed by atoms with Gasteiger partial charge < -0.3 is 15.2 Å². The summed E-state index contributed by atoms with van der Waals surface area (Å²) in [6.07, 6.45) is 0.482. The highest BCUT2D eigenvalue weighted by Crippen LogP contribution is 2.21. The Balaban J connectivity index is 1.86. The van der Waals surface area contributed by atoms with E-state index in [-0.39, 0.29) is 35.2 Å². The van der Waals surface area contributed by atoms with Crippen LogP contribution in [0.5, 0.6) is 5.88 Å². The zero-order valence-electron chi connectivity index (χ0n) is 17.2. The fourth-order valence-corrected chi connectivity index (χ4v) is 3.02. The Kier molecular flexibility index (Phi) is 7.22. The molecular weight excluding hydrogens is 444 g/mol. The van der Waals surface area contributed by atoms with Crippen molar-refractivity contribution in [3.63, 3.8) is 0 Å². The first-order chi connectivity index (χ1) is 15.2. The summed E-state index contributed by atoms with van der Waals surface area (Å²) in [5.41, 5.74) is 0.756. The molecule has 7 nitrogen and oxygen atoms in total. The van der Waals surface area contributed by atoms with Crippen molar-refractivity contribution in [2.24, 2.45) is 0 Å². The highest BCUT2D eigenvalue weighted by molar-refractivity contribution is 6.31. The number of amides is 1. The molecule has 3 rings (SSSR count). The topological polar surface area (TPSA) is 93.5 Å². The normalized spacial score (nSPS) is 11.8. The van der Waals surface area contributed by atoms with Gasteiger partial charge in [-0.15, -0.1) is 0 Å². The lowest BCUT2D eigenvalue weighted by atomic mass is 10.1. The second-order valence-corrected chi connectivity index (χ2v) is 7.50. The van der Waals surface area contributed by atoms with E-state index < -0.39 is 29.2 Å². The van der Waals surface area contributed by atoms with Crippen molar-refractivity contribution in [1.29, 1.82) is 0 Å². The van der Waals surface area contributed by atoms with E-state index in [9.17, 15) is 23.5 Å². The zero-order chi connectivity index (χ0) is 23.4. The summed E-state index contributed by atoms with van der Waals surface area (Å²) in [7, 11) is 0. The molecule has 1 unspecified atom stereocenters. The minimum absolute atomic E-state index is 0.0696. The molecule has 0 saturated carbocycles. The van der Waals surface area contributed by atoms with Crippen molar-refractivity contribution in [3.05, 3.63) is 86.4 Å². The van der Waals surface area contributed by atoms with E-state index in [2.05, 4.69) is 10.3 Å². The molecule has 0 spiro atoms. The lowest BCUT2D eigenvalue weighted by molar-refractivity contribution is 0.0924. The summed E-state index contributed by atoms with van der Waals surface area (Å²) >= 11 is 6.14. The Morgan fingerprint density at radius 2 is 2.03 bits per heavy atom. The van der Waals surface area contributed by atoms with Crippen LogP contribution in [0.15, 0.2) is 47.5 Å². The predicted molar refractivity (Wildman–Crippen MR) is 114 cm³/mol. The van der Waals surface area contributed by atoms with E-state index in [0.717, 1.165) is 16.7 Å². The number of ether oxygens (including phenoxy) is 1. The van der Waals surface area contributed by atoms with Gasteiger partial charge in [0.1, 0.15) is 24.6 Å². The number of nitrogens with one attached hydrogen (secondary N) is 1. The number of halogens is 3. The summed E-state index contributed by atoms with van der Waals surface area (Å²) in [5, 5.41) is 11.6. The second kappa shape index (κ2) is 9.88. The molecule has 0 aliphatic heterocycles. The number of aliphatic hydroxyl groups is 1. The van der Waals surface area contributed by atoms with Crippen molar-refractivity contribution in [3.8, 4) is 11.6 Å². The van der Waals surface area contributed by atoms with Gasteiger partial charge in [-0.2, -0.15) is 0 Å². The van der Waals surface area contributed by atoms with Gasteiger partial charge in [-0.25, -0.2) is 13.8 Å². The molecule has 3 aromatic rings. The molecule has 0 aliphatic carbocycles. The standard InChI is InChI=1S/C22H20ClF2N3O4/c1-12-3-4-14(20(30)26-9-13(2)29)7-18(12)28-11-27-21(19(23)22(28)31)32-10-15-5-6-16(24)8-17(15)25/h3-8,11,13,29H,9-10H2,1-2H3,(H,26,30). The average Bonchev–Trinajstić information content (AvgIpc) is 2.75. The van der Waals surface area contributed by atoms with Gasteiger partial charge in [-0.1, -0.05) is 17.7 Å². The Morgan fingerprint density at radius 3 is 2.72 bits per heavy atom. The third-order valence-corrected chi connectivity index (χ3v) is 4.88. The molecule has 0 fully saturated rings. The number of carbonyl (C=O) groups excluding carboxylic acids is 1. The van der Waals surface area contributed by atoms with Crippen LogP contribution in [0.3, 0.4) is 0 Å². The third kappa shape index (κ3) is 5.30. The summed E-state index contributed by atoms with van der Waals surface area (Å²) < 4.78 is 33.3. The van der Waals surface area contributed by atoms with Gasteiger partial charge in [0.15, 0.2) is 5.02 Å². The highest BCUT2D eigenvalue weighted by Gasteiger charge is 2.16. The van der Waals surface area contributed by atoms with Crippen LogP contribution in [-0.2, 0) is 6.61 Å². The Hall–Kier alpha value is -3.30. The Morgan fingerprint density at radius 1 is 1.28 bits per heavy atom. The van der Waals surface area contributed by atoms with E-state index in [1.54, 1.807) is 26.0 Å². The van der Waals surface area contributed by atoms with E-state index in [1.165, 1.54) is 18.5 Å². The molecule has 0 saturated heterocycles. The number of rotatable bonds is 7. The molecule has 2 aromatic carbocycles. The summed E-state index contributed by atoms with van der Waals surface area (Å²) in [6, 6.07) is 7.78. The molecule has 1 amide bonds. The highest BCUT2D eigenvalue weighted by atomic mass is 35.5. The van der Waals surface area contributed by atoms with Crippen LogP contribution in [0.2, 0.25) is 5.02 Å². The minimum Gasteiger partial charge on any atom is -0.471 e. The lowest BCUT2D eigenvalue weighted by Gasteiger charge is -2.14. The molecular formula is C22H20ClF2N3O4. The average molecular weight is 464 g/mol. The number of carbonyl (C=O) groups is 1. The van der Waals surface area contributed by atoms with Crippen LogP contribution in [0, 0.1) is 18.6 Å². The number of nitrogens with zero attached hydrogens (tertiary/aromatic N) is 2. The molecule has 1 heterocycles. The Bertz CT molecular complexity index is 1210. The van der Waals surface area contributed by atoms with Crippen LogP contribution in [0.1, 0.15) is 28.4 Å². The molecule has 1 aromatic heterocycles. The van der Waals surface area contributed by atoms with E-state index >= 15 is 0 Å². The van der Waals surface area contributed by atoms with Gasteiger partial charge in [0.05, 0.1) is 11.8 Å². The third-order valence-electron chi connectivity index (χ3n) is 4.55. The molecule has 1 atom stereocenters. The molecule has 2 N–H and O–H groups in total. The van der Waals surface area contributed by atoms with Gasteiger partial charge >= 0.3 is 0 Å². The number of hydrogen-bond donors (Lipinski definition) is 2. The van der Waals surface area contributed by atoms with Gasteiger partial charge in [-0.3, -0.25) is 14.2 Å². The van der Waals surface area contributed by atoms with Gasteiger partial charge in [0.2, 0.25) is 5.88 Å². The monoisotopic (exact) mass is 463 g/mol. The number of hydrogen-bond acceptors (Lipinski definition) is 5. The maximum absolute atomic E-state index is 13.8. The lowest BCUT2D eigenvalue weighted by Crippen LogP contribution is -2.30. The molecule has 0 aliphatic rings. The minimum atomic E-state index is -0.796. The van der Waals surface area contributed by atoms with Crippen molar-refractivity contribution >= 4 is 17.5 Å².